The Hall–Kier alpha value is -1.35. The van der Waals surface area contributed by atoms with Gasteiger partial charge in [0.1, 0.15) is 0 Å². The highest BCUT2D eigenvalue weighted by atomic mass is 127. The minimum atomic E-state index is 0. The first-order valence-corrected chi connectivity index (χ1v) is 11.3. The van der Waals surface area contributed by atoms with Crippen LogP contribution in [0.5, 0.6) is 0 Å². The maximum Gasteiger partial charge on any atom is 0.223 e. The van der Waals surface area contributed by atoms with Crippen molar-refractivity contribution < 1.29 is 4.79 Å². The van der Waals surface area contributed by atoms with E-state index in [-0.39, 0.29) is 29.9 Å². The Morgan fingerprint density at radius 2 is 1.90 bits per heavy atom. The summed E-state index contributed by atoms with van der Waals surface area (Å²) in [5.41, 5.74) is 2.56. The molecule has 2 fully saturated rings. The molecule has 1 saturated heterocycles. The third-order valence-corrected chi connectivity index (χ3v) is 6.34. The van der Waals surface area contributed by atoms with Crippen LogP contribution in [0.4, 0.5) is 0 Å². The van der Waals surface area contributed by atoms with Crippen LogP contribution in [0.25, 0.3) is 0 Å². The van der Waals surface area contributed by atoms with Crippen molar-refractivity contribution in [1.82, 2.24) is 20.4 Å². The van der Waals surface area contributed by atoms with Gasteiger partial charge in [0.25, 0.3) is 0 Å². The Kier molecular flexibility index (Phi) is 8.39. The fraction of sp³-hybridized carbons (Fsp3) is 0.652. The summed E-state index contributed by atoms with van der Waals surface area (Å²) in [6.45, 7) is 8.58. The van der Waals surface area contributed by atoms with E-state index in [1.54, 1.807) is 0 Å². The van der Waals surface area contributed by atoms with Crippen LogP contribution in [0.1, 0.15) is 57.1 Å². The third kappa shape index (κ3) is 5.87. The van der Waals surface area contributed by atoms with Gasteiger partial charge in [0.2, 0.25) is 5.91 Å². The molecule has 1 aromatic rings. The number of hydrogen-bond acceptors (Lipinski definition) is 3. The molecule has 1 saturated carbocycles. The molecule has 1 aliphatic carbocycles. The fourth-order valence-corrected chi connectivity index (χ4v) is 4.68. The van der Waals surface area contributed by atoms with E-state index in [2.05, 4.69) is 41.5 Å². The van der Waals surface area contributed by atoms with E-state index in [0.29, 0.717) is 25.0 Å². The summed E-state index contributed by atoms with van der Waals surface area (Å²) in [4.78, 5) is 21.9. The smallest absolute Gasteiger partial charge is 0.223 e. The minimum absolute atomic E-state index is 0. The lowest BCUT2D eigenvalue weighted by Crippen LogP contribution is -2.44. The van der Waals surface area contributed by atoms with E-state index in [4.69, 9.17) is 4.99 Å². The van der Waals surface area contributed by atoms with Crippen molar-refractivity contribution in [2.75, 3.05) is 19.6 Å². The first-order valence-electron chi connectivity index (χ1n) is 11.3. The average molecular weight is 525 g/mol. The molecule has 2 N–H and O–H groups in total. The highest BCUT2D eigenvalue weighted by Crippen LogP contribution is 2.33. The Labute approximate surface area is 197 Å². The van der Waals surface area contributed by atoms with Gasteiger partial charge in [-0.05, 0) is 50.7 Å². The van der Waals surface area contributed by atoms with Gasteiger partial charge in [-0.3, -0.25) is 14.7 Å². The van der Waals surface area contributed by atoms with Gasteiger partial charge in [0, 0.05) is 57.3 Å². The first kappa shape index (κ1) is 23.3. The van der Waals surface area contributed by atoms with E-state index in [9.17, 15) is 4.79 Å². The molecular weight excluding hydrogens is 489 g/mol. The monoisotopic (exact) mass is 525 g/mol. The predicted molar refractivity (Wildman–Crippen MR) is 132 cm³/mol. The second-order valence-electron chi connectivity index (χ2n) is 8.74. The maximum atomic E-state index is 12.5. The van der Waals surface area contributed by atoms with Gasteiger partial charge in [-0.1, -0.05) is 24.3 Å². The van der Waals surface area contributed by atoms with Crippen LogP contribution >= 0.6 is 24.0 Å². The normalized spacial score (nSPS) is 23.8. The van der Waals surface area contributed by atoms with Crippen molar-refractivity contribution >= 4 is 35.8 Å². The molecule has 4 rings (SSSR count). The number of aliphatic imine (C=N–C) groups is 1. The SMILES string of the molecule is CCNC(=NCCCC(=O)N1Cc2ccccc2C1)NC1CC(C)N(C2CC2)C1.I. The van der Waals surface area contributed by atoms with Crippen LogP contribution in [0, 0.1) is 0 Å². The molecule has 2 unspecified atom stereocenters. The second-order valence-corrected chi connectivity index (χ2v) is 8.74. The number of halogens is 1. The average Bonchev–Trinajstić information content (AvgIpc) is 3.35. The number of carbonyl (C=O) groups is 1. The molecule has 0 radical (unpaired) electrons. The van der Waals surface area contributed by atoms with Crippen LogP contribution in [-0.4, -0.2) is 59.4 Å². The Bertz CT molecular complexity index is 726. The molecule has 166 valence electrons. The van der Waals surface area contributed by atoms with Crippen LogP contribution in [0.15, 0.2) is 29.3 Å². The Balaban J connectivity index is 0.00000256. The zero-order valence-electron chi connectivity index (χ0n) is 18.3. The number of fused-ring (bicyclic) bond motifs is 1. The van der Waals surface area contributed by atoms with Crippen LogP contribution in [0.2, 0.25) is 0 Å². The summed E-state index contributed by atoms with van der Waals surface area (Å²) < 4.78 is 0. The van der Waals surface area contributed by atoms with Crippen molar-refractivity contribution in [3.63, 3.8) is 0 Å². The largest absolute Gasteiger partial charge is 0.357 e. The summed E-state index contributed by atoms with van der Waals surface area (Å²) in [6, 6.07) is 10.3. The summed E-state index contributed by atoms with van der Waals surface area (Å²) >= 11 is 0. The van der Waals surface area contributed by atoms with E-state index in [1.807, 2.05) is 17.0 Å². The van der Waals surface area contributed by atoms with Crippen LogP contribution in [0.3, 0.4) is 0 Å². The first-order chi connectivity index (χ1) is 14.1. The Morgan fingerprint density at radius 1 is 1.20 bits per heavy atom. The molecule has 1 amide bonds. The van der Waals surface area contributed by atoms with Gasteiger partial charge >= 0.3 is 0 Å². The zero-order chi connectivity index (χ0) is 20.2. The lowest BCUT2D eigenvalue weighted by molar-refractivity contribution is -0.131. The minimum Gasteiger partial charge on any atom is -0.357 e. The molecule has 3 aliphatic rings. The standard InChI is InChI=1S/C23H35N5O.HI/c1-3-24-23(26-20-13-17(2)28(16-20)21-10-11-21)25-12-6-9-22(29)27-14-18-7-4-5-8-19(18)15-27;/h4-5,7-8,17,20-21H,3,6,9-16H2,1-2H3,(H2,24,25,26);1H. The molecule has 6 nitrogen and oxygen atoms in total. The van der Waals surface area contributed by atoms with E-state index in [0.717, 1.165) is 44.6 Å². The third-order valence-electron chi connectivity index (χ3n) is 6.34. The summed E-state index contributed by atoms with van der Waals surface area (Å²) in [5.74, 6) is 1.13. The summed E-state index contributed by atoms with van der Waals surface area (Å²) in [6.07, 6.45) is 5.25. The molecule has 0 spiro atoms. The van der Waals surface area contributed by atoms with Crippen LogP contribution in [-0.2, 0) is 17.9 Å². The van der Waals surface area contributed by atoms with E-state index >= 15 is 0 Å². The Morgan fingerprint density at radius 3 is 2.53 bits per heavy atom. The number of carbonyl (C=O) groups excluding carboxylic acids is 1. The summed E-state index contributed by atoms with van der Waals surface area (Å²) in [5, 5.41) is 6.98. The molecule has 1 aromatic carbocycles. The van der Waals surface area contributed by atoms with Crippen LogP contribution < -0.4 is 10.6 Å². The van der Waals surface area contributed by atoms with Gasteiger partial charge in [0.05, 0.1) is 0 Å². The predicted octanol–water partition coefficient (Wildman–Crippen LogP) is 3.11. The molecule has 2 heterocycles. The second kappa shape index (κ2) is 10.8. The number of nitrogens with zero attached hydrogens (tertiary/aromatic N) is 3. The van der Waals surface area contributed by atoms with Gasteiger partial charge < -0.3 is 15.5 Å². The molecule has 2 atom stereocenters. The van der Waals surface area contributed by atoms with Gasteiger partial charge in [-0.25, -0.2) is 0 Å². The maximum absolute atomic E-state index is 12.5. The van der Waals surface area contributed by atoms with Crippen molar-refractivity contribution in [1.29, 1.82) is 0 Å². The van der Waals surface area contributed by atoms with Crippen molar-refractivity contribution in [2.45, 2.75) is 77.2 Å². The number of amides is 1. The number of guanidine groups is 1. The fourth-order valence-electron chi connectivity index (χ4n) is 4.68. The molecule has 0 aromatic heterocycles. The van der Waals surface area contributed by atoms with Crippen molar-refractivity contribution in [3.05, 3.63) is 35.4 Å². The van der Waals surface area contributed by atoms with Gasteiger partial charge in [0.15, 0.2) is 5.96 Å². The number of likely N-dealkylation sites (tertiary alicyclic amines) is 1. The highest BCUT2D eigenvalue weighted by molar-refractivity contribution is 14.0. The quantitative estimate of drug-likeness (QED) is 0.249. The number of benzene rings is 1. The molecule has 30 heavy (non-hydrogen) atoms. The van der Waals surface area contributed by atoms with Crippen molar-refractivity contribution in [3.8, 4) is 0 Å². The molecular formula is C23H36IN5O. The lowest BCUT2D eigenvalue weighted by Gasteiger charge is -2.20. The topological polar surface area (TPSA) is 60.0 Å². The van der Waals surface area contributed by atoms with Gasteiger partial charge in [-0.15, -0.1) is 24.0 Å². The highest BCUT2D eigenvalue weighted by Gasteiger charge is 2.38. The number of nitrogens with one attached hydrogen (secondary N) is 2. The molecule has 7 heteroatoms. The summed E-state index contributed by atoms with van der Waals surface area (Å²) in [7, 11) is 0. The van der Waals surface area contributed by atoms with E-state index in [1.165, 1.54) is 30.4 Å². The molecule has 0 bridgehead atoms. The zero-order valence-corrected chi connectivity index (χ0v) is 20.6. The van der Waals surface area contributed by atoms with Gasteiger partial charge in [-0.2, -0.15) is 0 Å². The lowest BCUT2D eigenvalue weighted by atomic mass is 10.1. The van der Waals surface area contributed by atoms with E-state index < -0.39 is 0 Å². The number of hydrogen-bond donors (Lipinski definition) is 2. The van der Waals surface area contributed by atoms with Crippen molar-refractivity contribution in [2.24, 2.45) is 4.99 Å². The molecule has 2 aliphatic heterocycles. The number of rotatable bonds is 7.